The highest BCUT2D eigenvalue weighted by Gasteiger charge is 2.32. The van der Waals surface area contributed by atoms with Crippen molar-refractivity contribution in [3.8, 4) is 16.9 Å². The third-order valence-corrected chi connectivity index (χ3v) is 4.69. The van der Waals surface area contributed by atoms with Crippen molar-refractivity contribution < 1.29 is 22.6 Å². The van der Waals surface area contributed by atoms with E-state index in [0.717, 1.165) is 36.2 Å². The molecule has 0 spiro atoms. The number of benzene rings is 2. The average Bonchev–Trinajstić information content (AvgIpc) is 2.74. The quantitative estimate of drug-likeness (QED) is 0.599. The van der Waals surface area contributed by atoms with Crippen LogP contribution in [0.25, 0.3) is 11.1 Å². The molecule has 0 amide bonds. The van der Waals surface area contributed by atoms with E-state index in [1.165, 1.54) is 0 Å². The normalized spacial score (nSPS) is 15.0. The van der Waals surface area contributed by atoms with Gasteiger partial charge in [0.15, 0.2) is 0 Å². The number of ether oxygens (including phenoxy) is 2. The Labute approximate surface area is 171 Å². The van der Waals surface area contributed by atoms with Crippen molar-refractivity contribution in [2.75, 3.05) is 18.5 Å². The summed E-state index contributed by atoms with van der Waals surface area (Å²) in [6.45, 7) is 1.29. The summed E-state index contributed by atoms with van der Waals surface area (Å²) in [5, 5.41) is 2.88. The van der Waals surface area contributed by atoms with Crippen LogP contribution in [0.2, 0.25) is 0 Å². The van der Waals surface area contributed by atoms with E-state index in [0.29, 0.717) is 24.7 Å². The zero-order valence-electron chi connectivity index (χ0n) is 16.0. The van der Waals surface area contributed by atoms with Crippen molar-refractivity contribution in [2.45, 2.75) is 25.1 Å². The predicted molar refractivity (Wildman–Crippen MR) is 107 cm³/mol. The van der Waals surface area contributed by atoms with Gasteiger partial charge in [0.05, 0.1) is 13.2 Å². The van der Waals surface area contributed by atoms with E-state index >= 15 is 0 Å². The Morgan fingerprint density at radius 3 is 2.47 bits per heavy atom. The predicted octanol–water partition coefficient (Wildman–Crippen LogP) is 5.46. The fourth-order valence-electron chi connectivity index (χ4n) is 3.23. The number of nitrogens with zero attached hydrogens (tertiary/aromatic N) is 2. The first-order valence-electron chi connectivity index (χ1n) is 9.59. The summed E-state index contributed by atoms with van der Waals surface area (Å²) in [4.78, 5) is 7.50. The number of halogens is 3. The Bertz CT molecular complexity index is 990. The van der Waals surface area contributed by atoms with E-state index in [1.807, 2.05) is 42.5 Å². The van der Waals surface area contributed by atoms with Gasteiger partial charge in [-0.15, -0.1) is 0 Å². The van der Waals surface area contributed by atoms with Crippen LogP contribution in [0.15, 0.2) is 60.8 Å². The van der Waals surface area contributed by atoms with Crippen molar-refractivity contribution in [2.24, 2.45) is 0 Å². The lowest BCUT2D eigenvalue weighted by atomic mass is 10.0. The summed E-state index contributed by atoms with van der Waals surface area (Å²) in [5.74, 6) is 0.491. The number of hydrogen-bond donors (Lipinski definition) is 1. The molecule has 1 aliphatic rings. The number of rotatable bonds is 5. The summed E-state index contributed by atoms with van der Waals surface area (Å²) in [6.07, 6.45) is -1.85. The van der Waals surface area contributed by atoms with Crippen LogP contribution in [-0.2, 0) is 10.9 Å². The summed E-state index contributed by atoms with van der Waals surface area (Å²) in [5.41, 5.74) is 1.37. The number of nitrogens with one attached hydrogen (secondary N) is 1. The second kappa shape index (κ2) is 8.71. The summed E-state index contributed by atoms with van der Waals surface area (Å²) < 4.78 is 50.4. The average molecular weight is 415 g/mol. The molecule has 8 heteroatoms. The standard InChI is InChI=1S/C22H20F3N3O2/c23-22(24,25)20-6-9-26-21(28-20)27-17-12-16(15-4-2-1-3-5-15)13-19(14-17)30-18-7-10-29-11-8-18/h1-6,9,12-14,18H,7-8,10-11H2,(H,26,27,28). The molecule has 30 heavy (non-hydrogen) atoms. The third kappa shape index (κ3) is 5.07. The molecule has 4 rings (SSSR count). The molecule has 3 aromatic rings. The summed E-state index contributed by atoms with van der Waals surface area (Å²) >= 11 is 0. The van der Waals surface area contributed by atoms with Gasteiger partial charge in [0.1, 0.15) is 17.5 Å². The minimum absolute atomic E-state index is 0.0300. The molecule has 1 saturated heterocycles. The van der Waals surface area contributed by atoms with Crippen molar-refractivity contribution >= 4 is 11.6 Å². The maximum absolute atomic E-state index is 13.0. The lowest BCUT2D eigenvalue weighted by Crippen LogP contribution is -2.25. The minimum Gasteiger partial charge on any atom is -0.490 e. The molecule has 0 unspecified atom stereocenters. The first kappa shape index (κ1) is 20.2. The van der Waals surface area contributed by atoms with Crippen LogP contribution < -0.4 is 10.1 Å². The van der Waals surface area contributed by atoms with Crippen LogP contribution in [0, 0.1) is 0 Å². The zero-order chi connectivity index (χ0) is 21.0. The van der Waals surface area contributed by atoms with Crippen molar-refractivity contribution in [1.82, 2.24) is 9.97 Å². The minimum atomic E-state index is -4.54. The first-order valence-corrected chi connectivity index (χ1v) is 9.59. The lowest BCUT2D eigenvalue weighted by molar-refractivity contribution is -0.141. The number of hydrogen-bond acceptors (Lipinski definition) is 5. The fourth-order valence-corrected chi connectivity index (χ4v) is 3.23. The Morgan fingerprint density at radius 1 is 0.967 bits per heavy atom. The van der Waals surface area contributed by atoms with Crippen LogP contribution in [0.3, 0.4) is 0 Å². The smallest absolute Gasteiger partial charge is 0.433 e. The van der Waals surface area contributed by atoms with E-state index in [-0.39, 0.29) is 12.1 Å². The Hall–Kier alpha value is -3.13. The van der Waals surface area contributed by atoms with E-state index in [1.54, 1.807) is 6.07 Å². The van der Waals surface area contributed by atoms with Gasteiger partial charge in [-0.2, -0.15) is 13.2 Å². The van der Waals surface area contributed by atoms with E-state index in [9.17, 15) is 13.2 Å². The monoisotopic (exact) mass is 415 g/mol. The van der Waals surface area contributed by atoms with Gasteiger partial charge in [-0.1, -0.05) is 30.3 Å². The second-order valence-corrected chi connectivity index (χ2v) is 6.93. The van der Waals surface area contributed by atoms with Gasteiger partial charge in [-0.3, -0.25) is 0 Å². The fraction of sp³-hybridized carbons (Fsp3) is 0.273. The highest BCUT2D eigenvalue weighted by molar-refractivity contribution is 5.72. The molecule has 0 aliphatic carbocycles. The largest absolute Gasteiger partial charge is 0.490 e. The van der Waals surface area contributed by atoms with Crippen LogP contribution >= 0.6 is 0 Å². The molecule has 1 aliphatic heterocycles. The number of alkyl halides is 3. The molecule has 1 fully saturated rings. The van der Waals surface area contributed by atoms with Gasteiger partial charge in [-0.05, 0) is 29.3 Å². The Kier molecular flexibility index (Phi) is 5.85. The molecule has 5 nitrogen and oxygen atoms in total. The van der Waals surface area contributed by atoms with Crippen LogP contribution in [0.1, 0.15) is 18.5 Å². The molecular weight excluding hydrogens is 395 g/mol. The van der Waals surface area contributed by atoms with Gasteiger partial charge < -0.3 is 14.8 Å². The van der Waals surface area contributed by atoms with Crippen molar-refractivity contribution in [3.05, 3.63) is 66.5 Å². The highest BCUT2D eigenvalue weighted by atomic mass is 19.4. The van der Waals surface area contributed by atoms with E-state index in [2.05, 4.69) is 15.3 Å². The van der Waals surface area contributed by atoms with Gasteiger partial charge in [0, 0.05) is 30.8 Å². The molecule has 0 radical (unpaired) electrons. The van der Waals surface area contributed by atoms with Crippen LogP contribution in [0.5, 0.6) is 5.75 Å². The van der Waals surface area contributed by atoms with E-state index in [4.69, 9.17) is 9.47 Å². The maximum Gasteiger partial charge on any atom is 0.433 e. The number of aromatic nitrogens is 2. The SMILES string of the molecule is FC(F)(F)c1ccnc(Nc2cc(OC3CCOCC3)cc(-c3ccccc3)c2)n1. The van der Waals surface area contributed by atoms with Crippen LogP contribution in [-0.4, -0.2) is 29.3 Å². The maximum atomic E-state index is 13.0. The van der Waals surface area contributed by atoms with Gasteiger partial charge in [-0.25, -0.2) is 9.97 Å². The van der Waals surface area contributed by atoms with Crippen molar-refractivity contribution in [3.63, 3.8) is 0 Å². The van der Waals surface area contributed by atoms with Gasteiger partial charge in [0.2, 0.25) is 5.95 Å². The molecule has 1 N–H and O–H groups in total. The molecule has 1 aromatic heterocycles. The van der Waals surface area contributed by atoms with E-state index < -0.39 is 11.9 Å². The Balaban J connectivity index is 1.65. The molecule has 156 valence electrons. The van der Waals surface area contributed by atoms with Crippen LogP contribution in [0.4, 0.5) is 24.8 Å². The first-order chi connectivity index (χ1) is 14.5. The Morgan fingerprint density at radius 2 is 1.73 bits per heavy atom. The molecule has 0 atom stereocenters. The molecule has 2 heterocycles. The zero-order valence-corrected chi connectivity index (χ0v) is 16.0. The molecule has 0 bridgehead atoms. The highest BCUT2D eigenvalue weighted by Crippen LogP contribution is 2.32. The molecular formula is C22H20F3N3O2. The van der Waals surface area contributed by atoms with Gasteiger partial charge >= 0.3 is 6.18 Å². The van der Waals surface area contributed by atoms with Crippen molar-refractivity contribution in [1.29, 1.82) is 0 Å². The third-order valence-electron chi connectivity index (χ3n) is 4.69. The summed E-state index contributed by atoms with van der Waals surface area (Å²) in [7, 11) is 0. The second-order valence-electron chi connectivity index (χ2n) is 6.93. The topological polar surface area (TPSA) is 56.3 Å². The summed E-state index contributed by atoms with van der Waals surface area (Å²) in [6, 6.07) is 16.0. The lowest BCUT2D eigenvalue weighted by Gasteiger charge is -2.24. The van der Waals surface area contributed by atoms with Gasteiger partial charge in [0.25, 0.3) is 0 Å². The molecule has 2 aromatic carbocycles. The molecule has 0 saturated carbocycles. The number of anilines is 2.